The van der Waals surface area contributed by atoms with E-state index in [1.165, 1.54) is 0 Å². The number of hydrogen-bond acceptors (Lipinski definition) is 2. The first-order chi connectivity index (χ1) is 7.27. The third kappa shape index (κ3) is 3.35. The largest absolute Gasteiger partial charge is 0.266 e. The number of fused-ring (bicyclic) bond motifs is 1. The smallest absolute Gasteiger partial charge is 0.0862 e. The van der Waals surface area contributed by atoms with E-state index >= 15 is 0 Å². The molecule has 0 saturated heterocycles. The molecular formula is C12H21N3. The summed E-state index contributed by atoms with van der Waals surface area (Å²) in [4.78, 5) is 4.18. The van der Waals surface area contributed by atoms with Gasteiger partial charge in [0.2, 0.25) is 0 Å². The second kappa shape index (κ2) is 6.98. The summed E-state index contributed by atoms with van der Waals surface area (Å²) < 4.78 is 1.82. The highest BCUT2D eigenvalue weighted by Crippen LogP contribution is 2.11. The zero-order valence-corrected chi connectivity index (χ0v) is 10.6. The molecule has 0 bridgehead atoms. The molecule has 0 aliphatic rings. The maximum absolute atomic E-state index is 4.18. The molecule has 15 heavy (non-hydrogen) atoms. The number of nitrogens with zero attached hydrogens (tertiary/aromatic N) is 3. The van der Waals surface area contributed by atoms with Gasteiger partial charge >= 0.3 is 0 Å². The van der Waals surface area contributed by atoms with E-state index in [-0.39, 0.29) is 0 Å². The fraction of sp³-hybridized carbons (Fsp3) is 0.500. The fourth-order valence-electron chi connectivity index (χ4n) is 1.16. The van der Waals surface area contributed by atoms with Crippen LogP contribution in [0.15, 0.2) is 18.5 Å². The molecule has 0 aliphatic heterocycles. The lowest BCUT2D eigenvalue weighted by Gasteiger charge is -1.93. The molecule has 0 aliphatic carbocycles. The summed E-state index contributed by atoms with van der Waals surface area (Å²) in [6.07, 6.45) is 3.70. The van der Waals surface area contributed by atoms with Crippen molar-refractivity contribution in [3.05, 3.63) is 24.2 Å². The molecule has 0 unspecified atom stereocenters. The Bertz CT molecular complexity index is 391. The average Bonchev–Trinajstić information content (AvgIpc) is 2.65. The predicted molar refractivity (Wildman–Crippen MR) is 65.9 cm³/mol. The Labute approximate surface area is 92.1 Å². The Morgan fingerprint density at radius 2 is 1.67 bits per heavy atom. The molecule has 0 fully saturated rings. The van der Waals surface area contributed by atoms with Crippen molar-refractivity contribution in [2.45, 2.75) is 34.6 Å². The summed E-state index contributed by atoms with van der Waals surface area (Å²) in [5.41, 5.74) is 2.11. The van der Waals surface area contributed by atoms with Crippen molar-refractivity contribution in [3.8, 4) is 0 Å². The summed E-state index contributed by atoms with van der Waals surface area (Å²) in [5, 5.41) is 5.27. The Balaban J connectivity index is 0.000000442. The van der Waals surface area contributed by atoms with Gasteiger partial charge in [0, 0.05) is 18.1 Å². The van der Waals surface area contributed by atoms with Gasteiger partial charge < -0.3 is 0 Å². The van der Waals surface area contributed by atoms with Crippen molar-refractivity contribution in [1.29, 1.82) is 0 Å². The average molecular weight is 207 g/mol. The van der Waals surface area contributed by atoms with Crippen LogP contribution in [0.25, 0.3) is 10.9 Å². The minimum Gasteiger partial charge on any atom is -0.266 e. The first-order valence-corrected chi connectivity index (χ1v) is 5.52. The second-order valence-electron chi connectivity index (χ2n) is 2.65. The first-order valence-electron chi connectivity index (χ1n) is 5.52. The number of rotatable bonds is 0. The van der Waals surface area contributed by atoms with Gasteiger partial charge in [0.25, 0.3) is 0 Å². The van der Waals surface area contributed by atoms with E-state index in [2.05, 4.69) is 10.1 Å². The zero-order chi connectivity index (χ0) is 11.8. The fourth-order valence-corrected chi connectivity index (χ4v) is 1.16. The number of hydrogen-bond donors (Lipinski definition) is 0. The molecule has 0 N–H and O–H groups in total. The monoisotopic (exact) mass is 207 g/mol. The van der Waals surface area contributed by atoms with Crippen molar-refractivity contribution in [3.63, 3.8) is 0 Å². The Morgan fingerprint density at radius 1 is 1.07 bits per heavy atom. The first kappa shape index (κ1) is 13.6. The molecular weight excluding hydrogens is 186 g/mol. The van der Waals surface area contributed by atoms with Gasteiger partial charge in [0.05, 0.1) is 17.9 Å². The van der Waals surface area contributed by atoms with Gasteiger partial charge in [-0.2, -0.15) is 5.10 Å². The topological polar surface area (TPSA) is 30.7 Å². The lowest BCUT2D eigenvalue weighted by atomic mass is 10.3. The van der Waals surface area contributed by atoms with Crippen LogP contribution in [0, 0.1) is 6.92 Å². The summed E-state index contributed by atoms with van der Waals surface area (Å²) in [6, 6.07) is 2.03. The lowest BCUT2D eigenvalue weighted by Crippen LogP contribution is -1.89. The minimum atomic E-state index is 1.03. The normalized spacial score (nSPS) is 8.67. The molecule has 0 amide bonds. The lowest BCUT2D eigenvalue weighted by molar-refractivity contribution is 0.795. The summed E-state index contributed by atoms with van der Waals surface area (Å²) in [5.74, 6) is 0. The molecule has 2 aromatic heterocycles. The van der Waals surface area contributed by atoms with E-state index in [4.69, 9.17) is 0 Å². The van der Waals surface area contributed by atoms with Crippen LogP contribution in [0.4, 0.5) is 0 Å². The SMILES string of the molecule is CC.CC.Cc1cc2cnn(C)c2cn1. The third-order valence-electron chi connectivity index (χ3n) is 1.77. The van der Waals surface area contributed by atoms with Crippen LogP contribution >= 0.6 is 0 Å². The summed E-state index contributed by atoms with van der Waals surface area (Å²) in [7, 11) is 1.92. The van der Waals surface area contributed by atoms with Crippen LogP contribution in [0.1, 0.15) is 33.4 Å². The van der Waals surface area contributed by atoms with Crippen LogP contribution in [0.3, 0.4) is 0 Å². The molecule has 3 nitrogen and oxygen atoms in total. The van der Waals surface area contributed by atoms with Crippen molar-refractivity contribution in [1.82, 2.24) is 14.8 Å². The second-order valence-corrected chi connectivity index (χ2v) is 2.65. The minimum absolute atomic E-state index is 1.03. The molecule has 3 heteroatoms. The standard InChI is InChI=1S/C8H9N3.2C2H6/c1-6-3-7-4-10-11(2)8(7)5-9-6;2*1-2/h3-5H,1-2H3;2*1-2H3. The van der Waals surface area contributed by atoms with Crippen LogP contribution in [0.5, 0.6) is 0 Å². The molecule has 2 heterocycles. The van der Waals surface area contributed by atoms with Gasteiger partial charge in [-0.25, -0.2) is 0 Å². The summed E-state index contributed by atoms with van der Waals surface area (Å²) in [6.45, 7) is 9.98. The van der Waals surface area contributed by atoms with E-state index in [1.54, 1.807) is 0 Å². The third-order valence-corrected chi connectivity index (χ3v) is 1.77. The van der Waals surface area contributed by atoms with E-state index in [9.17, 15) is 0 Å². The predicted octanol–water partition coefficient (Wildman–Crippen LogP) is 3.33. The van der Waals surface area contributed by atoms with E-state index in [0.717, 1.165) is 16.6 Å². The van der Waals surface area contributed by atoms with Crippen molar-refractivity contribution in [2.24, 2.45) is 7.05 Å². The van der Waals surface area contributed by atoms with Crippen molar-refractivity contribution >= 4 is 10.9 Å². The molecule has 84 valence electrons. The van der Waals surface area contributed by atoms with Gasteiger partial charge in [0.15, 0.2) is 0 Å². The van der Waals surface area contributed by atoms with Gasteiger partial charge in [0.1, 0.15) is 0 Å². The highest BCUT2D eigenvalue weighted by atomic mass is 15.2. The van der Waals surface area contributed by atoms with E-state index in [1.807, 2.05) is 64.8 Å². The highest BCUT2D eigenvalue weighted by Gasteiger charge is 1.97. The Morgan fingerprint density at radius 3 is 2.27 bits per heavy atom. The van der Waals surface area contributed by atoms with Crippen molar-refractivity contribution < 1.29 is 0 Å². The molecule has 2 aromatic rings. The van der Waals surface area contributed by atoms with Gasteiger partial charge in [-0.1, -0.05) is 27.7 Å². The maximum atomic E-state index is 4.18. The zero-order valence-electron chi connectivity index (χ0n) is 10.6. The van der Waals surface area contributed by atoms with E-state index in [0.29, 0.717) is 0 Å². The number of aryl methyl sites for hydroxylation is 2. The van der Waals surface area contributed by atoms with Gasteiger partial charge in [-0.3, -0.25) is 9.67 Å². The Hall–Kier alpha value is -1.38. The molecule has 0 radical (unpaired) electrons. The molecule has 2 rings (SSSR count). The van der Waals surface area contributed by atoms with Crippen molar-refractivity contribution in [2.75, 3.05) is 0 Å². The highest BCUT2D eigenvalue weighted by molar-refractivity contribution is 5.77. The number of aromatic nitrogens is 3. The number of pyridine rings is 1. The van der Waals surface area contributed by atoms with Crippen LogP contribution < -0.4 is 0 Å². The van der Waals surface area contributed by atoms with Crippen LogP contribution in [-0.2, 0) is 7.05 Å². The molecule has 0 spiro atoms. The summed E-state index contributed by atoms with van der Waals surface area (Å²) >= 11 is 0. The van der Waals surface area contributed by atoms with E-state index < -0.39 is 0 Å². The van der Waals surface area contributed by atoms with Gasteiger partial charge in [-0.05, 0) is 13.0 Å². The Kier molecular flexibility index (Phi) is 6.34. The maximum Gasteiger partial charge on any atom is 0.0862 e. The molecule has 0 saturated carbocycles. The quantitative estimate of drug-likeness (QED) is 0.663. The van der Waals surface area contributed by atoms with Crippen LogP contribution in [-0.4, -0.2) is 14.8 Å². The molecule has 0 aromatic carbocycles. The molecule has 0 atom stereocenters. The van der Waals surface area contributed by atoms with Crippen LogP contribution in [0.2, 0.25) is 0 Å². The van der Waals surface area contributed by atoms with Gasteiger partial charge in [-0.15, -0.1) is 0 Å².